The molecule has 4 atom stereocenters. The second-order valence-electron chi connectivity index (χ2n) is 6.67. The van der Waals surface area contributed by atoms with E-state index in [1.807, 2.05) is 42.1 Å². The van der Waals surface area contributed by atoms with Crippen LogP contribution in [0, 0.1) is 11.8 Å². The van der Waals surface area contributed by atoms with Gasteiger partial charge in [0.05, 0.1) is 18.8 Å². The summed E-state index contributed by atoms with van der Waals surface area (Å²) in [6.45, 7) is 0.732. The Morgan fingerprint density at radius 2 is 1.92 bits per heavy atom. The molecule has 1 aromatic carbocycles. The Labute approximate surface area is 147 Å². The lowest BCUT2D eigenvalue weighted by molar-refractivity contribution is -0.137. The SMILES string of the molecule is O=C(O)CCCCSC[C@H]1[C@@H](COc2ccccc2)[C@H]2CC[C@@H]1O2. The highest BCUT2D eigenvalue weighted by Gasteiger charge is 2.48. The molecule has 2 aliphatic rings. The van der Waals surface area contributed by atoms with E-state index in [2.05, 4.69) is 0 Å². The molecule has 0 radical (unpaired) electrons. The summed E-state index contributed by atoms with van der Waals surface area (Å²) >= 11 is 1.94. The Bertz CT molecular complexity index is 521. The summed E-state index contributed by atoms with van der Waals surface area (Å²) in [5.41, 5.74) is 0. The van der Waals surface area contributed by atoms with E-state index in [9.17, 15) is 4.79 Å². The van der Waals surface area contributed by atoms with E-state index in [-0.39, 0.29) is 6.42 Å². The van der Waals surface area contributed by atoms with E-state index in [4.69, 9.17) is 14.6 Å². The number of unbranched alkanes of at least 4 members (excludes halogenated alkanes) is 1. The normalized spacial score (nSPS) is 28.2. The molecule has 0 saturated carbocycles. The van der Waals surface area contributed by atoms with Crippen LogP contribution in [-0.2, 0) is 9.53 Å². The van der Waals surface area contributed by atoms with Crippen molar-refractivity contribution in [2.75, 3.05) is 18.1 Å². The van der Waals surface area contributed by atoms with Gasteiger partial charge < -0.3 is 14.6 Å². The summed E-state index contributed by atoms with van der Waals surface area (Å²) < 4.78 is 12.1. The van der Waals surface area contributed by atoms with Crippen LogP contribution in [0.2, 0.25) is 0 Å². The van der Waals surface area contributed by atoms with Gasteiger partial charge in [-0.3, -0.25) is 4.79 Å². The van der Waals surface area contributed by atoms with E-state index in [1.165, 1.54) is 6.42 Å². The number of carbonyl (C=O) groups is 1. The van der Waals surface area contributed by atoms with Crippen LogP contribution in [-0.4, -0.2) is 41.4 Å². The number of hydrogen-bond acceptors (Lipinski definition) is 4. The number of carboxylic acid groups (broad SMARTS) is 1. The van der Waals surface area contributed by atoms with Crippen LogP contribution in [0.5, 0.6) is 5.75 Å². The third kappa shape index (κ3) is 4.67. The Morgan fingerprint density at radius 3 is 2.67 bits per heavy atom. The predicted molar refractivity (Wildman–Crippen MR) is 95.6 cm³/mol. The van der Waals surface area contributed by atoms with Gasteiger partial charge >= 0.3 is 5.97 Å². The van der Waals surface area contributed by atoms with Crippen molar-refractivity contribution in [1.29, 1.82) is 0 Å². The lowest BCUT2D eigenvalue weighted by Crippen LogP contribution is -2.33. The summed E-state index contributed by atoms with van der Waals surface area (Å²) in [6, 6.07) is 9.99. The van der Waals surface area contributed by atoms with E-state index < -0.39 is 5.97 Å². The van der Waals surface area contributed by atoms with E-state index in [0.29, 0.717) is 24.0 Å². The highest BCUT2D eigenvalue weighted by atomic mass is 32.2. The maximum Gasteiger partial charge on any atom is 0.303 e. The number of fused-ring (bicyclic) bond motifs is 2. The lowest BCUT2D eigenvalue weighted by Gasteiger charge is -2.27. The molecular weight excluding hydrogens is 324 g/mol. The molecule has 2 bridgehead atoms. The summed E-state index contributed by atoms with van der Waals surface area (Å²) in [7, 11) is 0. The molecule has 132 valence electrons. The van der Waals surface area contributed by atoms with Crippen molar-refractivity contribution in [2.45, 2.75) is 44.3 Å². The first-order chi connectivity index (χ1) is 11.7. The van der Waals surface area contributed by atoms with Gasteiger partial charge in [-0.25, -0.2) is 0 Å². The van der Waals surface area contributed by atoms with Gasteiger partial charge in [0.2, 0.25) is 0 Å². The topological polar surface area (TPSA) is 55.8 Å². The van der Waals surface area contributed by atoms with Gasteiger partial charge in [-0.1, -0.05) is 18.2 Å². The number of aliphatic carboxylic acids is 1. The van der Waals surface area contributed by atoms with Crippen LogP contribution in [0.3, 0.4) is 0 Å². The second kappa shape index (κ2) is 8.77. The first kappa shape index (κ1) is 17.6. The molecule has 0 spiro atoms. The molecule has 0 aromatic heterocycles. The van der Waals surface area contributed by atoms with Crippen molar-refractivity contribution in [3.63, 3.8) is 0 Å². The minimum absolute atomic E-state index is 0.283. The van der Waals surface area contributed by atoms with E-state index >= 15 is 0 Å². The Hall–Kier alpha value is -1.20. The first-order valence-electron chi connectivity index (χ1n) is 8.87. The standard InChI is InChI=1S/C19H26O4S/c20-19(21)8-4-5-11-24-13-16-15(17-9-10-18(16)23-17)12-22-14-6-2-1-3-7-14/h1-3,6-7,15-18H,4-5,8-13H2,(H,20,21)/t15-,16+,17-,18+/m1/s1. The Kier molecular flexibility index (Phi) is 6.44. The second-order valence-corrected chi connectivity index (χ2v) is 7.82. The minimum atomic E-state index is -0.695. The molecule has 2 aliphatic heterocycles. The fourth-order valence-electron chi connectivity index (χ4n) is 3.74. The quantitative estimate of drug-likeness (QED) is 0.650. The number of thioether (sulfide) groups is 1. The van der Waals surface area contributed by atoms with Crippen LogP contribution in [0.1, 0.15) is 32.1 Å². The zero-order valence-electron chi connectivity index (χ0n) is 13.9. The number of rotatable bonds is 10. The lowest BCUT2D eigenvalue weighted by atomic mass is 9.81. The highest BCUT2D eigenvalue weighted by molar-refractivity contribution is 7.99. The van der Waals surface area contributed by atoms with Crippen molar-refractivity contribution in [3.8, 4) is 5.75 Å². The number of carboxylic acids is 1. The van der Waals surface area contributed by atoms with Crippen LogP contribution < -0.4 is 4.74 Å². The molecule has 1 aromatic rings. The van der Waals surface area contributed by atoms with Gasteiger partial charge in [-0.15, -0.1) is 0 Å². The van der Waals surface area contributed by atoms with Gasteiger partial charge in [0.25, 0.3) is 0 Å². The van der Waals surface area contributed by atoms with Crippen LogP contribution >= 0.6 is 11.8 Å². The monoisotopic (exact) mass is 350 g/mol. The van der Waals surface area contributed by atoms with Gasteiger partial charge in [0.1, 0.15) is 5.75 Å². The summed E-state index contributed by atoms with van der Waals surface area (Å²) in [5, 5.41) is 8.66. The molecule has 0 unspecified atom stereocenters. The third-order valence-electron chi connectivity index (χ3n) is 5.02. The average Bonchev–Trinajstić information content (AvgIpc) is 3.18. The average molecular weight is 350 g/mol. The Morgan fingerprint density at radius 1 is 1.17 bits per heavy atom. The van der Waals surface area contributed by atoms with Gasteiger partial charge in [0, 0.05) is 18.3 Å². The molecule has 0 aliphatic carbocycles. The van der Waals surface area contributed by atoms with Gasteiger partial charge in [-0.05, 0) is 49.3 Å². The molecule has 24 heavy (non-hydrogen) atoms. The van der Waals surface area contributed by atoms with Gasteiger partial charge in [0.15, 0.2) is 0 Å². The molecular formula is C19H26O4S. The summed E-state index contributed by atoms with van der Waals surface area (Å²) in [6.07, 6.45) is 5.12. The number of ether oxygens (including phenoxy) is 2. The predicted octanol–water partition coefficient (Wildman–Crippen LogP) is 3.85. The molecule has 2 heterocycles. The molecule has 1 N–H and O–H groups in total. The zero-order valence-corrected chi connectivity index (χ0v) is 14.7. The van der Waals surface area contributed by atoms with Crippen molar-refractivity contribution < 1.29 is 19.4 Å². The van der Waals surface area contributed by atoms with Crippen molar-refractivity contribution >= 4 is 17.7 Å². The van der Waals surface area contributed by atoms with Gasteiger partial charge in [-0.2, -0.15) is 11.8 Å². The highest BCUT2D eigenvalue weighted by Crippen LogP contribution is 2.45. The largest absolute Gasteiger partial charge is 0.493 e. The third-order valence-corrected chi connectivity index (χ3v) is 6.21. The Balaban J connectivity index is 1.42. The first-order valence-corrected chi connectivity index (χ1v) is 10.0. The number of para-hydroxylation sites is 1. The van der Waals surface area contributed by atoms with E-state index in [0.717, 1.165) is 43.1 Å². The molecule has 3 rings (SSSR count). The zero-order chi connectivity index (χ0) is 16.8. The molecule has 0 amide bonds. The fraction of sp³-hybridized carbons (Fsp3) is 0.632. The van der Waals surface area contributed by atoms with Crippen molar-refractivity contribution in [2.24, 2.45) is 11.8 Å². The minimum Gasteiger partial charge on any atom is -0.493 e. The molecule has 5 heteroatoms. The fourth-order valence-corrected chi connectivity index (χ4v) is 5.05. The smallest absolute Gasteiger partial charge is 0.303 e. The van der Waals surface area contributed by atoms with Crippen molar-refractivity contribution in [3.05, 3.63) is 30.3 Å². The maximum absolute atomic E-state index is 10.5. The van der Waals surface area contributed by atoms with Crippen LogP contribution in [0.25, 0.3) is 0 Å². The van der Waals surface area contributed by atoms with Crippen LogP contribution in [0.15, 0.2) is 30.3 Å². The summed E-state index contributed by atoms with van der Waals surface area (Å²) in [4.78, 5) is 10.5. The van der Waals surface area contributed by atoms with E-state index in [1.54, 1.807) is 0 Å². The molecule has 2 saturated heterocycles. The summed E-state index contributed by atoms with van der Waals surface area (Å²) in [5.74, 6) is 3.41. The number of hydrogen-bond donors (Lipinski definition) is 1. The molecule has 2 fully saturated rings. The molecule has 4 nitrogen and oxygen atoms in total. The number of benzene rings is 1. The van der Waals surface area contributed by atoms with Crippen LogP contribution in [0.4, 0.5) is 0 Å². The maximum atomic E-state index is 10.5. The van der Waals surface area contributed by atoms with Crippen molar-refractivity contribution in [1.82, 2.24) is 0 Å².